The molecule has 0 saturated heterocycles. The molecule has 0 aliphatic carbocycles. The predicted octanol–water partition coefficient (Wildman–Crippen LogP) is 1.41. The fraction of sp³-hybridized carbons (Fsp3) is 0.231. The maximum Gasteiger partial charge on any atom is 0.413 e. The summed E-state index contributed by atoms with van der Waals surface area (Å²) in [6.07, 6.45) is -0.677. The second-order valence-electron chi connectivity index (χ2n) is 4.48. The third kappa shape index (κ3) is 2.43. The van der Waals surface area contributed by atoms with Crippen LogP contribution < -0.4 is 16.2 Å². The number of imidazole rings is 1. The highest BCUT2D eigenvalue weighted by Gasteiger charge is 2.10. The molecule has 2 heterocycles. The van der Waals surface area contributed by atoms with Gasteiger partial charge in [0.1, 0.15) is 0 Å². The molecule has 0 bridgehead atoms. The third-order valence-electron chi connectivity index (χ3n) is 3.04. The minimum atomic E-state index is -0.677. The molecule has 9 heteroatoms. The standard InChI is InChI=1S/C13H14N6O3/c1-3-22-13(21)19-12-15-7-5-9-8(16-11(14-2)17-9)4-6(7)10(20)18-12/h4-5H,3H2,1-2H3,(H2,14,16,17)(H2,15,18,19,20,21). The monoisotopic (exact) mass is 302 g/mol. The minimum Gasteiger partial charge on any atom is -0.450 e. The number of fused-ring (bicyclic) bond motifs is 2. The molecule has 22 heavy (non-hydrogen) atoms. The Labute approximate surface area is 124 Å². The first-order chi connectivity index (χ1) is 10.6. The molecule has 0 aliphatic heterocycles. The highest BCUT2D eigenvalue weighted by atomic mass is 16.5. The number of anilines is 2. The van der Waals surface area contributed by atoms with Gasteiger partial charge in [-0.1, -0.05) is 0 Å². The van der Waals surface area contributed by atoms with Crippen LogP contribution in [0.3, 0.4) is 0 Å². The Balaban J connectivity index is 2.10. The van der Waals surface area contributed by atoms with E-state index in [1.165, 1.54) is 0 Å². The number of carbonyl (C=O) groups is 1. The number of ether oxygens (including phenoxy) is 1. The van der Waals surface area contributed by atoms with Crippen molar-refractivity contribution in [2.75, 3.05) is 24.3 Å². The highest BCUT2D eigenvalue weighted by Crippen LogP contribution is 2.19. The normalized spacial score (nSPS) is 10.8. The summed E-state index contributed by atoms with van der Waals surface area (Å²) in [5, 5.41) is 5.66. The second kappa shape index (κ2) is 5.35. The van der Waals surface area contributed by atoms with Crippen LogP contribution in [0.2, 0.25) is 0 Å². The van der Waals surface area contributed by atoms with Crippen LogP contribution >= 0.6 is 0 Å². The largest absolute Gasteiger partial charge is 0.450 e. The van der Waals surface area contributed by atoms with Gasteiger partial charge in [0, 0.05) is 7.05 Å². The quantitative estimate of drug-likeness (QED) is 0.579. The van der Waals surface area contributed by atoms with E-state index in [9.17, 15) is 9.59 Å². The van der Waals surface area contributed by atoms with Crippen molar-refractivity contribution in [3.8, 4) is 0 Å². The van der Waals surface area contributed by atoms with Gasteiger partial charge in [0.25, 0.3) is 5.56 Å². The van der Waals surface area contributed by atoms with Gasteiger partial charge in [-0.3, -0.25) is 15.1 Å². The van der Waals surface area contributed by atoms with E-state index in [-0.39, 0.29) is 18.1 Å². The van der Waals surface area contributed by atoms with Gasteiger partial charge in [0.2, 0.25) is 11.9 Å². The summed E-state index contributed by atoms with van der Waals surface area (Å²) in [7, 11) is 1.74. The Kier molecular flexibility index (Phi) is 3.37. The summed E-state index contributed by atoms with van der Waals surface area (Å²) in [6, 6.07) is 3.34. The fourth-order valence-electron chi connectivity index (χ4n) is 2.08. The minimum absolute atomic E-state index is 0.0275. The lowest BCUT2D eigenvalue weighted by molar-refractivity contribution is 0.167. The van der Waals surface area contributed by atoms with Crippen LogP contribution in [0.25, 0.3) is 21.9 Å². The third-order valence-corrected chi connectivity index (χ3v) is 3.04. The van der Waals surface area contributed by atoms with Crippen molar-refractivity contribution in [3.63, 3.8) is 0 Å². The van der Waals surface area contributed by atoms with Crippen molar-refractivity contribution in [2.24, 2.45) is 0 Å². The molecule has 114 valence electrons. The van der Waals surface area contributed by atoms with E-state index in [1.54, 1.807) is 26.1 Å². The van der Waals surface area contributed by atoms with Crippen LogP contribution in [0, 0.1) is 0 Å². The van der Waals surface area contributed by atoms with E-state index in [4.69, 9.17) is 4.74 Å². The Hall–Kier alpha value is -3.10. The first kappa shape index (κ1) is 13.9. The van der Waals surface area contributed by atoms with E-state index >= 15 is 0 Å². The van der Waals surface area contributed by atoms with E-state index in [2.05, 4.69) is 30.6 Å². The van der Waals surface area contributed by atoms with E-state index in [0.29, 0.717) is 22.4 Å². The Morgan fingerprint density at radius 2 is 2.00 bits per heavy atom. The number of benzene rings is 1. The molecule has 3 aromatic rings. The number of amides is 1. The van der Waals surface area contributed by atoms with Gasteiger partial charge in [0.15, 0.2) is 0 Å². The Morgan fingerprint density at radius 3 is 2.73 bits per heavy atom. The van der Waals surface area contributed by atoms with Crippen molar-refractivity contribution in [2.45, 2.75) is 6.92 Å². The number of hydrogen-bond acceptors (Lipinski definition) is 6. The van der Waals surface area contributed by atoms with E-state index < -0.39 is 6.09 Å². The lowest BCUT2D eigenvalue weighted by Gasteiger charge is -2.05. The second-order valence-corrected chi connectivity index (χ2v) is 4.48. The first-order valence-electron chi connectivity index (χ1n) is 6.66. The molecule has 0 fully saturated rings. The fourth-order valence-corrected chi connectivity index (χ4v) is 2.08. The topological polar surface area (TPSA) is 125 Å². The summed E-state index contributed by atoms with van der Waals surface area (Å²) in [5.74, 6) is 0.617. The van der Waals surface area contributed by atoms with E-state index in [1.807, 2.05) is 0 Å². The number of hydrogen-bond donors (Lipinski definition) is 4. The summed E-state index contributed by atoms with van der Waals surface area (Å²) in [6.45, 7) is 1.91. The number of aromatic nitrogens is 4. The van der Waals surface area contributed by atoms with Crippen LogP contribution in [-0.2, 0) is 4.74 Å². The first-order valence-corrected chi connectivity index (χ1v) is 6.66. The van der Waals surface area contributed by atoms with Crippen LogP contribution in [0.1, 0.15) is 6.92 Å². The number of nitrogens with zero attached hydrogens (tertiary/aromatic N) is 2. The summed E-state index contributed by atoms with van der Waals surface area (Å²) < 4.78 is 4.75. The van der Waals surface area contributed by atoms with Gasteiger partial charge in [-0.15, -0.1) is 0 Å². The molecule has 0 radical (unpaired) electrons. The molecule has 3 rings (SSSR count). The predicted molar refractivity (Wildman–Crippen MR) is 82.2 cm³/mol. The number of nitrogens with one attached hydrogen (secondary N) is 4. The number of carbonyl (C=O) groups excluding carboxylic acids is 1. The van der Waals surface area contributed by atoms with Gasteiger partial charge in [0.05, 0.1) is 28.5 Å². The number of aromatic amines is 2. The van der Waals surface area contributed by atoms with Crippen LogP contribution in [-0.4, -0.2) is 39.7 Å². The lowest BCUT2D eigenvalue weighted by Crippen LogP contribution is -2.19. The maximum atomic E-state index is 12.1. The SMILES string of the molecule is CCOC(=O)Nc1nc2cc3nc(NC)[nH]c3cc2c(=O)[nH]1. The van der Waals surface area contributed by atoms with Gasteiger partial charge < -0.3 is 15.0 Å². The number of rotatable bonds is 3. The van der Waals surface area contributed by atoms with E-state index in [0.717, 1.165) is 5.52 Å². The van der Waals surface area contributed by atoms with Crippen LogP contribution in [0.4, 0.5) is 16.7 Å². The zero-order chi connectivity index (χ0) is 15.7. The summed E-state index contributed by atoms with van der Waals surface area (Å²) in [5.41, 5.74) is 1.45. The van der Waals surface area contributed by atoms with Crippen LogP contribution in [0.5, 0.6) is 0 Å². The molecule has 0 unspecified atom stereocenters. The van der Waals surface area contributed by atoms with Crippen molar-refractivity contribution in [1.82, 2.24) is 19.9 Å². The molecule has 0 saturated carbocycles. The van der Waals surface area contributed by atoms with Crippen molar-refractivity contribution in [3.05, 3.63) is 22.5 Å². The van der Waals surface area contributed by atoms with Gasteiger partial charge >= 0.3 is 6.09 Å². The molecule has 1 aromatic carbocycles. The zero-order valence-electron chi connectivity index (χ0n) is 12.0. The molecule has 0 aliphatic rings. The molecule has 2 aromatic heterocycles. The molecule has 9 nitrogen and oxygen atoms in total. The zero-order valence-corrected chi connectivity index (χ0v) is 12.0. The van der Waals surface area contributed by atoms with Crippen molar-refractivity contribution in [1.29, 1.82) is 0 Å². The molecule has 0 spiro atoms. The smallest absolute Gasteiger partial charge is 0.413 e. The van der Waals surface area contributed by atoms with Crippen LogP contribution in [0.15, 0.2) is 16.9 Å². The Morgan fingerprint density at radius 1 is 1.23 bits per heavy atom. The molecule has 1 amide bonds. The molecular formula is C13H14N6O3. The van der Waals surface area contributed by atoms with Crippen molar-refractivity contribution < 1.29 is 9.53 Å². The molecule has 4 N–H and O–H groups in total. The maximum absolute atomic E-state index is 12.1. The average Bonchev–Trinajstić information content (AvgIpc) is 2.87. The lowest BCUT2D eigenvalue weighted by atomic mass is 10.2. The Bertz CT molecular complexity index is 913. The van der Waals surface area contributed by atoms with Gasteiger partial charge in [-0.25, -0.2) is 14.8 Å². The summed E-state index contributed by atoms with van der Waals surface area (Å²) >= 11 is 0. The highest BCUT2D eigenvalue weighted by molar-refractivity contribution is 5.94. The molecule has 0 atom stereocenters. The van der Waals surface area contributed by atoms with Gasteiger partial charge in [-0.05, 0) is 19.1 Å². The molecular weight excluding hydrogens is 288 g/mol. The average molecular weight is 302 g/mol. The summed E-state index contributed by atoms with van der Waals surface area (Å²) in [4.78, 5) is 37.5. The van der Waals surface area contributed by atoms with Gasteiger partial charge in [-0.2, -0.15) is 0 Å². The van der Waals surface area contributed by atoms with Crippen molar-refractivity contribution >= 4 is 39.9 Å². The number of H-pyrrole nitrogens is 2.